The van der Waals surface area contributed by atoms with Gasteiger partial charge < -0.3 is 20.4 Å². The SMILES string of the molecule is CN(C)CCOC(c1ccccc1)c1ccccc1.Cn1c(=O)c2[nH]c(Cl)nc2n(C)c1=O.NCCS(=O)(=O)O. The van der Waals surface area contributed by atoms with E-state index >= 15 is 0 Å². The lowest BCUT2D eigenvalue weighted by molar-refractivity contribution is 0.0687. The molecule has 0 fully saturated rings. The number of likely N-dealkylation sites (N-methyl/N-ethyl adjacent to an activating group) is 1. The number of hydrogen-bond donors (Lipinski definition) is 3. The van der Waals surface area contributed by atoms with E-state index in [4.69, 9.17) is 26.6 Å². The molecule has 2 aromatic carbocycles. The van der Waals surface area contributed by atoms with E-state index in [1.807, 2.05) is 12.1 Å². The van der Waals surface area contributed by atoms with E-state index in [-0.39, 0.29) is 34.8 Å². The van der Waals surface area contributed by atoms with E-state index in [1.54, 1.807) is 0 Å². The Labute approximate surface area is 237 Å². The fourth-order valence-electron chi connectivity index (χ4n) is 3.44. The molecular formula is C26H35ClN6O6S. The summed E-state index contributed by atoms with van der Waals surface area (Å²) in [7, 11) is 3.25. The third-order valence-corrected chi connectivity index (χ3v) is 6.40. The highest BCUT2D eigenvalue weighted by Gasteiger charge is 2.14. The molecule has 0 aliphatic heterocycles. The largest absolute Gasteiger partial charge is 0.367 e. The van der Waals surface area contributed by atoms with Crippen LogP contribution in [0.3, 0.4) is 0 Å². The maximum atomic E-state index is 11.5. The van der Waals surface area contributed by atoms with Crippen molar-refractivity contribution in [3.05, 3.63) is 97.9 Å². The van der Waals surface area contributed by atoms with Gasteiger partial charge in [-0.15, -0.1) is 0 Å². The predicted molar refractivity (Wildman–Crippen MR) is 156 cm³/mol. The Hall–Kier alpha value is -3.33. The van der Waals surface area contributed by atoms with Crippen LogP contribution in [0.25, 0.3) is 11.2 Å². The molecule has 4 N–H and O–H groups in total. The van der Waals surface area contributed by atoms with E-state index < -0.39 is 21.4 Å². The lowest BCUT2D eigenvalue weighted by atomic mass is 10.0. The molecule has 12 nitrogen and oxygen atoms in total. The summed E-state index contributed by atoms with van der Waals surface area (Å²) in [4.78, 5) is 31.5. The van der Waals surface area contributed by atoms with Gasteiger partial charge in [-0.1, -0.05) is 60.7 Å². The number of nitrogens with two attached hydrogens (primary N) is 1. The van der Waals surface area contributed by atoms with E-state index in [2.05, 4.69) is 77.5 Å². The van der Waals surface area contributed by atoms with E-state index in [0.717, 1.165) is 17.7 Å². The number of rotatable bonds is 8. The highest BCUT2D eigenvalue weighted by atomic mass is 35.5. The third-order valence-electron chi connectivity index (χ3n) is 5.47. The van der Waals surface area contributed by atoms with Gasteiger partial charge in [0.2, 0.25) is 5.28 Å². The number of imidazole rings is 1. The molecular weight excluding hydrogens is 560 g/mol. The second kappa shape index (κ2) is 15.5. The van der Waals surface area contributed by atoms with Gasteiger partial charge in [0, 0.05) is 27.2 Å². The normalized spacial score (nSPS) is 11.2. The molecule has 2 aromatic heterocycles. The molecule has 0 radical (unpaired) electrons. The topological polar surface area (TPSA) is 166 Å². The summed E-state index contributed by atoms with van der Waals surface area (Å²) in [6, 6.07) is 20.8. The Bertz CT molecular complexity index is 1530. The Kier molecular flexibility index (Phi) is 12.7. The molecule has 218 valence electrons. The molecule has 0 bridgehead atoms. The summed E-state index contributed by atoms with van der Waals surface area (Å²) in [6.45, 7) is 1.62. The van der Waals surface area contributed by atoms with Gasteiger partial charge in [0.05, 0.1) is 12.4 Å². The third kappa shape index (κ3) is 10.0. The van der Waals surface area contributed by atoms with Crippen LogP contribution in [0, 0.1) is 0 Å². The summed E-state index contributed by atoms with van der Waals surface area (Å²) in [5, 5.41) is 0.0956. The minimum atomic E-state index is -3.80. The molecule has 40 heavy (non-hydrogen) atoms. The number of aromatic amines is 1. The Balaban J connectivity index is 0.000000234. The lowest BCUT2D eigenvalue weighted by Gasteiger charge is -2.20. The zero-order valence-corrected chi connectivity index (χ0v) is 24.4. The van der Waals surface area contributed by atoms with Crippen LogP contribution in [0.2, 0.25) is 5.28 Å². The summed E-state index contributed by atoms with van der Waals surface area (Å²) < 4.78 is 35.7. The number of aromatic nitrogens is 4. The van der Waals surface area contributed by atoms with Gasteiger partial charge in [-0.05, 0) is 36.8 Å². The molecule has 0 amide bonds. The summed E-state index contributed by atoms with van der Waals surface area (Å²) in [5.41, 5.74) is 6.83. The first-order chi connectivity index (χ1) is 18.9. The second-order valence-corrected chi connectivity index (χ2v) is 10.8. The first kappa shape index (κ1) is 32.9. The van der Waals surface area contributed by atoms with Crippen LogP contribution < -0.4 is 17.0 Å². The van der Waals surface area contributed by atoms with Crippen LogP contribution >= 0.6 is 11.6 Å². The highest BCUT2D eigenvalue weighted by molar-refractivity contribution is 7.85. The van der Waals surface area contributed by atoms with Crippen LogP contribution in [0.5, 0.6) is 0 Å². The van der Waals surface area contributed by atoms with Crippen LogP contribution in [-0.2, 0) is 29.0 Å². The maximum Gasteiger partial charge on any atom is 0.332 e. The zero-order valence-electron chi connectivity index (χ0n) is 22.8. The van der Waals surface area contributed by atoms with Gasteiger partial charge in [-0.3, -0.25) is 18.5 Å². The van der Waals surface area contributed by atoms with Gasteiger partial charge in [-0.25, -0.2) is 4.79 Å². The average Bonchev–Trinajstić information content (AvgIpc) is 3.31. The molecule has 2 heterocycles. The lowest BCUT2D eigenvalue weighted by Crippen LogP contribution is -2.36. The minimum absolute atomic E-state index is 0.0161. The number of hydrogen-bond acceptors (Lipinski definition) is 8. The molecule has 0 atom stereocenters. The number of halogens is 1. The van der Waals surface area contributed by atoms with Crippen molar-refractivity contribution < 1.29 is 17.7 Å². The quantitative estimate of drug-likeness (QED) is 0.204. The van der Waals surface area contributed by atoms with E-state index in [0.29, 0.717) is 0 Å². The van der Waals surface area contributed by atoms with Crippen LogP contribution in [0.4, 0.5) is 0 Å². The van der Waals surface area contributed by atoms with Crippen molar-refractivity contribution in [2.45, 2.75) is 6.10 Å². The smallest absolute Gasteiger partial charge is 0.332 e. The molecule has 0 saturated heterocycles. The summed E-state index contributed by atoms with van der Waals surface area (Å²) >= 11 is 5.60. The van der Waals surface area contributed by atoms with Crippen molar-refractivity contribution in [2.75, 3.05) is 39.5 Å². The van der Waals surface area contributed by atoms with Crippen molar-refractivity contribution in [1.82, 2.24) is 24.0 Å². The fourth-order valence-corrected chi connectivity index (χ4v) is 3.91. The van der Waals surface area contributed by atoms with Gasteiger partial charge in [0.15, 0.2) is 11.2 Å². The molecule has 0 spiro atoms. The number of fused-ring (bicyclic) bond motifs is 1. The Morgan fingerprint density at radius 2 is 1.55 bits per heavy atom. The van der Waals surface area contributed by atoms with Gasteiger partial charge in [0.25, 0.3) is 15.7 Å². The summed E-state index contributed by atoms with van der Waals surface area (Å²) in [5.74, 6) is -0.354. The first-order valence-electron chi connectivity index (χ1n) is 12.2. The van der Waals surface area contributed by atoms with Crippen molar-refractivity contribution in [3.8, 4) is 0 Å². The first-order valence-corrected chi connectivity index (χ1v) is 14.2. The predicted octanol–water partition coefficient (Wildman–Crippen LogP) is 1.80. The number of H-pyrrole nitrogens is 1. The minimum Gasteiger partial charge on any atom is -0.367 e. The van der Waals surface area contributed by atoms with Gasteiger partial charge >= 0.3 is 5.69 Å². The van der Waals surface area contributed by atoms with Gasteiger partial charge in [-0.2, -0.15) is 13.4 Å². The van der Waals surface area contributed by atoms with E-state index in [9.17, 15) is 18.0 Å². The van der Waals surface area contributed by atoms with Gasteiger partial charge in [0.1, 0.15) is 6.10 Å². The highest BCUT2D eigenvalue weighted by Crippen LogP contribution is 2.25. The van der Waals surface area contributed by atoms with Crippen molar-refractivity contribution >= 4 is 32.9 Å². The summed E-state index contributed by atoms with van der Waals surface area (Å²) in [6.07, 6.45) is 0.0161. The van der Waals surface area contributed by atoms with Crippen molar-refractivity contribution in [2.24, 2.45) is 19.8 Å². The average molecular weight is 595 g/mol. The number of nitrogens with one attached hydrogen (secondary N) is 1. The molecule has 0 aliphatic carbocycles. The Morgan fingerprint density at radius 1 is 1.02 bits per heavy atom. The molecule has 0 aliphatic rings. The van der Waals surface area contributed by atoms with Crippen molar-refractivity contribution in [1.29, 1.82) is 0 Å². The number of aryl methyl sites for hydroxylation is 1. The van der Waals surface area contributed by atoms with Crippen LogP contribution in [-0.4, -0.2) is 76.5 Å². The standard InChI is InChI=1S/C17H21NO.C7H7ClN4O2.C2H7NO3S/c1-18(2)13-14-19-17(15-9-5-3-6-10-15)16-11-7-4-8-12-16;1-11-4-3(9-6(8)10-4)5(13)12(2)7(11)14;3-1-2-7(4,5)6/h3-12,17H,13-14H2,1-2H3;1-2H3,(H,9,10);1-3H2,(H,4,5,6). The maximum absolute atomic E-state index is 11.5. The molecule has 0 unspecified atom stereocenters. The number of ether oxygens (including phenoxy) is 1. The molecule has 4 aromatic rings. The number of benzene rings is 2. The van der Waals surface area contributed by atoms with Crippen LogP contribution in [0.15, 0.2) is 70.3 Å². The molecule has 14 heteroatoms. The monoisotopic (exact) mass is 594 g/mol. The second-order valence-electron chi connectivity index (χ2n) is 8.88. The van der Waals surface area contributed by atoms with Crippen LogP contribution in [0.1, 0.15) is 17.2 Å². The van der Waals surface area contributed by atoms with E-state index in [1.165, 1.54) is 29.8 Å². The molecule has 0 saturated carbocycles. The van der Waals surface area contributed by atoms with Crippen molar-refractivity contribution in [3.63, 3.8) is 0 Å². The zero-order chi connectivity index (χ0) is 29.9. The fraction of sp³-hybridized carbons (Fsp3) is 0.346. The number of nitrogens with zero attached hydrogens (tertiary/aromatic N) is 4. The Morgan fingerprint density at radius 3 is 1.98 bits per heavy atom. The molecule has 4 rings (SSSR count).